The molecule has 1 aliphatic carbocycles. The molecule has 6 heteroatoms. The second-order valence-corrected chi connectivity index (χ2v) is 5.54. The van der Waals surface area contributed by atoms with Crippen LogP contribution in [0.2, 0.25) is 0 Å². The standard InChI is InChI=1S/C15H16FNO4/c16-9-3-1-8(2-4-9)10-7-11(10)17-14(18)12-5-6-13(21-12)15(19)20/h1-4,10-13H,5-7H2,(H,17,18)(H,19,20)/t10-,11+,12-,13+/m0/s1. The van der Waals surface area contributed by atoms with Crippen LogP contribution >= 0.6 is 0 Å². The highest BCUT2D eigenvalue weighted by Crippen LogP contribution is 2.41. The Balaban J connectivity index is 1.51. The molecule has 1 heterocycles. The maximum Gasteiger partial charge on any atom is 0.332 e. The number of nitrogens with one attached hydrogen (secondary N) is 1. The van der Waals surface area contributed by atoms with Crippen LogP contribution in [0, 0.1) is 5.82 Å². The van der Waals surface area contributed by atoms with Gasteiger partial charge < -0.3 is 15.2 Å². The lowest BCUT2D eigenvalue weighted by molar-refractivity contribution is -0.151. The maximum absolute atomic E-state index is 12.8. The zero-order valence-electron chi connectivity index (χ0n) is 11.3. The first-order valence-corrected chi connectivity index (χ1v) is 6.98. The van der Waals surface area contributed by atoms with Gasteiger partial charge in [-0.1, -0.05) is 12.1 Å². The van der Waals surface area contributed by atoms with E-state index in [1.165, 1.54) is 12.1 Å². The monoisotopic (exact) mass is 293 g/mol. The number of carboxylic acids is 1. The maximum atomic E-state index is 12.8. The number of carbonyl (C=O) groups is 2. The highest BCUT2D eigenvalue weighted by atomic mass is 19.1. The highest BCUT2D eigenvalue weighted by molar-refractivity contribution is 5.83. The van der Waals surface area contributed by atoms with Crippen molar-refractivity contribution in [2.24, 2.45) is 0 Å². The van der Waals surface area contributed by atoms with Crippen molar-refractivity contribution in [2.45, 2.75) is 43.4 Å². The minimum atomic E-state index is -1.03. The van der Waals surface area contributed by atoms with Gasteiger partial charge in [-0.25, -0.2) is 9.18 Å². The topological polar surface area (TPSA) is 75.6 Å². The first-order valence-electron chi connectivity index (χ1n) is 6.98. The van der Waals surface area contributed by atoms with Crippen LogP contribution in [0.4, 0.5) is 4.39 Å². The number of carbonyl (C=O) groups excluding carboxylic acids is 1. The Morgan fingerprint density at radius 2 is 1.86 bits per heavy atom. The van der Waals surface area contributed by atoms with E-state index in [1.807, 2.05) is 0 Å². The zero-order chi connectivity index (χ0) is 15.0. The van der Waals surface area contributed by atoms with E-state index in [2.05, 4.69) is 5.32 Å². The number of hydrogen-bond acceptors (Lipinski definition) is 3. The van der Waals surface area contributed by atoms with Gasteiger partial charge in [0.2, 0.25) is 5.91 Å². The number of aliphatic carboxylic acids is 1. The van der Waals surface area contributed by atoms with Gasteiger partial charge in [0, 0.05) is 12.0 Å². The Bertz CT molecular complexity index is 559. The molecule has 0 aromatic heterocycles. The van der Waals surface area contributed by atoms with Crippen molar-refractivity contribution in [1.29, 1.82) is 0 Å². The molecule has 1 saturated carbocycles. The molecule has 112 valence electrons. The molecule has 4 atom stereocenters. The van der Waals surface area contributed by atoms with E-state index < -0.39 is 18.2 Å². The molecule has 3 rings (SSSR count). The second kappa shape index (κ2) is 5.44. The minimum absolute atomic E-state index is 0.0236. The average molecular weight is 293 g/mol. The van der Waals surface area contributed by atoms with Crippen LogP contribution in [0.3, 0.4) is 0 Å². The van der Waals surface area contributed by atoms with Crippen LogP contribution < -0.4 is 5.32 Å². The molecule has 0 bridgehead atoms. The van der Waals surface area contributed by atoms with Crippen molar-refractivity contribution < 1.29 is 23.8 Å². The summed E-state index contributed by atoms with van der Waals surface area (Å²) in [4.78, 5) is 22.8. The van der Waals surface area contributed by atoms with Gasteiger partial charge in [0.05, 0.1) is 0 Å². The minimum Gasteiger partial charge on any atom is -0.479 e. The number of hydrogen-bond donors (Lipinski definition) is 2. The fourth-order valence-corrected chi connectivity index (χ4v) is 2.72. The van der Waals surface area contributed by atoms with E-state index in [0.29, 0.717) is 12.8 Å². The zero-order valence-corrected chi connectivity index (χ0v) is 11.3. The number of ether oxygens (including phenoxy) is 1. The molecule has 1 amide bonds. The molecule has 1 aromatic carbocycles. The predicted molar refractivity (Wildman–Crippen MR) is 71.2 cm³/mol. The quantitative estimate of drug-likeness (QED) is 0.880. The lowest BCUT2D eigenvalue weighted by Gasteiger charge is -2.11. The summed E-state index contributed by atoms with van der Waals surface area (Å²) in [6.07, 6.45) is 0.0382. The molecule has 1 saturated heterocycles. The Morgan fingerprint density at radius 3 is 2.48 bits per heavy atom. The molecular formula is C15H16FNO4. The number of amides is 1. The van der Waals surface area contributed by atoms with E-state index in [4.69, 9.17) is 9.84 Å². The SMILES string of the molecule is O=C(N[C@@H]1C[C@H]1c1ccc(F)cc1)[C@@H]1CC[C@H](C(=O)O)O1. The molecule has 0 spiro atoms. The molecule has 2 N–H and O–H groups in total. The molecule has 21 heavy (non-hydrogen) atoms. The summed E-state index contributed by atoms with van der Waals surface area (Å²) in [6, 6.07) is 6.28. The Hall–Kier alpha value is -1.95. The number of halogens is 1. The van der Waals surface area contributed by atoms with Crippen molar-refractivity contribution in [3.63, 3.8) is 0 Å². The summed E-state index contributed by atoms with van der Waals surface area (Å²) < 4.78 is 18.1. The largest absolute Gasteiger partial charge is 0.479 e. The predicted octanol–water partition coefficient (Wildman–Crippen LogP) is 1.43. The molecule has 2 fully saturated rings. The fraction of sp³-hybridized carbons (Fsp3) is 0.467. The molecule has 0 radical (unpaired) electrons. The number of benzene rings is 1. The van der Waals surface area contributed by atoms with Crippen LogP contribution in [0.15, 0.2) is 24.3 Å². The number of rotatable bonds is 4. The average Bonchev–Trinajstić information content (AvgIpc) is 3.03. The summed E-state index contributed by atoms with van der Waals surface area (Å²) in [7, 11) is 0. The van der Waals surface area contributed by atoms with E-state index in [9.17, 15) is 14.0 Å². The van der Waals surface area contributed by atoms with Crippen molar-refractivity contribution in [3.8, 4) is 0 Å². The van der Waals surface area contributed by atoms with Gasteiger partial charge in [-0.3, -0.25) is 4.79 Å². The van der Waals surface area contributed by atoms with Gasteiger partial charge in [0.25, 0.3) is 0 Å². The van der Waals surface area contributed by atoms with Gasteiger partial charge in [0.15, 0.2) is 6.10 Å². The van der Waals surface area contributed by atoms with Crippen LogP contribution in [0.25, 0.3) is 0 Å². The third kappa shape index (κ3) is 3.05. The van der Waals surface area contributed by atoms with Crippen molar-refractivity contribution in [1.82, 2.24) is 5.32 Å². The van der Waals surface area contributed by atoms with Gasteiger partial charge in [0.1, 0.15) is 11.9 Å². The first kappa shape index (κ1) is 14.0. The highest BCUT2D eigenvalue weighted by Gasteiger charge is 2.42. The molecule has 1 aromatic rings. The van der Waals surface area contributed by atoms with Gasteiger partial charge >= 0.3 is 5.97 Å². The Kier molecular flexibility index (Phi) is 3.63. The summed E-state index contributed by atoms with van der Waals surface area (Å²) >= 11 is 0. The summed E-state index contributed by atoms with van der Waals surface area (Å²) in [5.74, 6) is -1.36. The van der Waals surface area contributed by atoms with Crippen LogP contribution in [-0.4, -0.2) is 35.2 Å². The van der Waals surface area contributed by atoms with Gasteiger partial charge in [-0.05, 0) is 37.0 Å². The van der Waals surface area contributed by atoms with Gasteiger partial charge in [-0.2, -0.15) is 0 Å². The third-order valence-electron chi connectivity index (χ3n) is 4.00. The second-order valence-electron chi connectivity index (χ2n) is 5.54. The summed E-state index contributed by atoms with van der Waals surface area (Å²) in [5.41, 5.74) is 0.998. The normalized spacial score (nSPS) is 30.9. The van der Waals surface area contributed by atoms with Gasteiger partial charge in [-0.15, -0.1) is 0 Å². The van der Waals surface area contributed by atoms with E-state index in [1.54, 1.807) is 12.1 Å². The third-order valence-corrected chi connectivity index (χ3v) is 4.00. The summed E-state index contributed by atoms with van der Waals surface area (Å²) in [5, 5.41) is 11.7. The van der Waals surface area contributed by atoms with E-state index in [0.717, 1.165) is 12.0 Å². The molecule has 5 nitrogen and oxygen atoms in total. The molecule has 2 aliphatic rings. The molecule has 0 unspecified atom stereocenters. The smallest absolute Gasteiger partial charge is 0.332 e. The number of carboxylic acid groups (broad SMARTS) is 1. The lowest BCUT2D eigenvalue weighted by Crippen LogP contribution is -2.37. The molecular weight excluding hydrogens is 277 g/mol. The van der Waals surface area contributed by atoms with E-state index >= 15 is 0 Å². The van der Waals surface area contributed by atoms with E-state index in [-0.39, 0.29) is 23.7 Å². The molecule has 1 aliphatic heterocycles. The van der Waals surface area contributed by atoms with Crippen LogP contribution in [-0.2, 0) is 14.3 Å². The fourth-order valence-electron chi connectivity index (χ4n) is 2.72. The van der Waals surface area contributed by atoms with Crippen molar-refractivity contribution in [3.05, 3.63) is 35.6 Å². The first-order chi connectivity index (χ1) is 10.0. The van der Waals surface area contributed by atoms with Crippen molar-refractivity contribution in [2.75, 3.05) is 0 Å². The Morgan fingerprint density at radius 1 is 1.19 bits per heavy atom. The Labute approximate surface area is 121 Å². The van der Waals surface area contributed by atoms with Crippen molar-refractivity contribution >= 4 is 11.9 Å². The summed E-state index contributed by atoms with van der Waals surface area (Å²) in [6.45, 7) is 0. The lowest BCUT2D eigenvalue weighted by atomic mass is 10.1. The van der Waals surface area contributed by atoms with Crippen LogP contribution in [0.1, 0.15) is 30.7 Å². The van der Waals surface area contributed by atoms with Crippen LogP contribution in [0.5, 0.6) is 0 Å².